The first-order valence-electron chi connectivity index (χ1n) is 6.17. The van der Waals surface area contributed by atoms with Crippen LogP contribution in [0.5, 0.6) is 0 Å². The molecule has 0 fully saturated rings. The number of carbonyl (C=O) groups is 1. The molecule has 2 aromatic rings. The fraction of sp³-hybridized carbons (Fsp3) is 0.143. The Labute approximate surface area is 141 Å². The maximum Gasteiger partial charge on any atom is 0.255 e. The Kier molecular flexibility index (Phi) is 5.45. The lowest BCUT2D eigenvalue weighted by Crippen LogP contribution is -2.13. The number of nitrogens with zero attached hydrogens (tertiary/aromatic N) is 1. The summed E-state index contributed by atoms with van der Waals surface area (Å²) < 4.78 is 0.743. The molecule has 2 N–H and O–H groups in total. The molecule has 0 saturated carbocycles. The van der Waals surface area contributed by atoms with E-state index in [-0.39, 0.29) is 11.1 Å². The van der Waals surface area contributed by atoms with Crippen LogP contribution in [0.1, 0.15) is 17.3 Å². The van der Waals surface area contributed by atoms with Crippen molar-refractivity contribution in [3.63, 3.8) is 0 Å². The molecule has 0 aliphatic rings. The standard InChI is InChI=1S/C14H12BrCl2N3O/c1-2-18-13-6-8(5-12(17)20-13)14(21)19-11-7-9(16)3-4-10(11)15/h3-7H,2H2,1H3,(H,18,20)(H,19,21). The normalized spacial score (nSPS) is 10.3. The Bertz CT molecular complexity index is 679. The summed E-state index contributed by atoms with van der Waals surface area (Å²) in [6.45, 7) is 2.62. The van der Waals surface area contributed by atoms with Crippen molar-refractivity contribution in [2.75, 3.05) is 17.2 Å². The van der Waals surface area contributed by atoms with Gasteiger partial charge in [-0.3, -0.25) is 4.79 Å². The van der Waals surface area contributed by atoms with Gasteiger partial charge in [-0.2, -0.15) is 0 Å². The molecule has 1 amide bonds. The zero-order chi connectivity index (χ0) is 15.4. The third-order valence-electron chi connectivity index (χ3n) is 2.59. The summed E-state index contributed by atoms with van der Waals surface area (Å²) in [5.74, 6) is 0.265. The average molecular weight is 389 g/mol. The van der Waals surface area contributed by atoms with Gasteiger partial charge in [-0.15, -0.1) is 0 Å². The highest BCUT2D eigenvalue weighted by atomic mass is 79.9. The number of carbonyl (C=O) groups excluding carboxylic acids is 1. The quantitative estimate of drug-likeness (QED) is 0.737. The fourth-order valence-corrected chi connectivity index (χ4v) is 2.41. The second-order valence-electron chi connectivity index (χ2n) is 4.17. The molecule has 1 aromatic carbocycles. The number of aromatic nitrogens is 1. The second kappa shape index (κ2) is 7.11. The summed E-state index contributed by atoms with van der Waals surface area (Å²) in [7, 11) is 0. The van der Waals surface area contributed by atoms with Crippen LogP contribution in [0.25, 0.3) is 0 Å². The molecule has 0 aliphatic heterocycles. The molecule has 110 valence electrons. The number of amides is 1. The Morgan fingerprint density at radius 2 is 2.05 bits per heavy atom. The molecular weight excluding hydrogens is 377 g/mol. The van der Waals surface area contributed by atoms with Crippen LogP contribution < -0.4 is 10.6 Å². The van der Waals surface area contributed by atoms with Crippen molar-refractivity contribution in [3.8, 4) is 0 Å². The molecular formula is C14H12BrCl2N3O. The van der Waals surface area contributed by atoms with E-state index >= 15 is 0 Å². The van der Waals surface area contributed by atoms with Gasteiger partial charge in [-0.1, -0.05) is 23.2 Å². The van der Waals surface area contributed by atoms with E-state index in [4.69, 9.17) is 23.2 Å². The number of benzene rings is 1. The Morgan fingerprint density at radius 3 is 2.76 bits per heavy atom. The molecule has 0 bridgehead atoms. The summed E-state index contributed by atoms with van der Waals surface area (Å²) in [5, 5.41) is 6.59. The topological polar surface area (TPSA) is 54.0 Å². The van der Waals surface area contributed by atoms with Crippen LogP contribution in [-0.4, -0.2) is 17.4 Å². The number of rotatable bonds is 4. The lowest BCUT2D eigenvalue weighted by molar-refractivity contribution is 0.102. The summed E-state index contributed by atoms with van der Waals surface area (Å²) in [6.07, 6.45) is 0. The van der Waals surface area contributed by atoms with Crippen LogP contribution in [0, 0.1) is 0 Å². The summed E-state index contributed by atoms with van der Waals surface area (Å²) >= 11 is 15.2. The van der Waals surface area contributed by atoms with E-state index < -0.39 is 0 Å². The molecule has 0 saturated heterocycles. The SMILES string of the molecule is CCNc1cc(C(=O)Nc2cc(Cl)ccc2Br)cc(Cl)n1. The molecule has 2 rings (SSSR count). The number of hydrogen-bond acceptors (Lipinski definition) is 3. The number of halogens is 3. The minimum Gasteiger partial charge on any atom is -0.370 e. The first-order valence-corrected chi connectivity index (χ1v) is 7.72. The number of pyridine rings is 1. The lowest BCUT2D eigenvalue weighted by Gasteiger charge is -2.10. The zero-order valence-electron chi connectivity index (χ0n) is 11.1. The highest BCUT2D eigenvalue weighted by molar-refractivity contribution is 9.10. The molecule has 0 spiro atoms. The third-order valence-corrected chi connectivity index (χ3v) is 3.71. The van der Waals surface area contributed by atoms with Crippen LogP contribution in [0.15, 0.2) is 34.8 Å². The first-order chi connectivity index (χ1) is 9.99. The minimum atomic E-state index is -0.290. The molecule has 1 heterocycles. The van der Waals surface area contributed by atoms with Gasteiger partial charge in [-0.05, 0) is 53.2 Å². The zero-order valence-corrected chi connectivity index (χ0v) is 14.2. The predicted molar refractivity (Wildman–Crippen MR) is 90.5 cm³/mol. The van der Waals surface area contributed by atoms with Gasteiger partial charge in [0.1, 0.15) is 11.0 Å². The maximum absolute atomic E-state index is 12.3. The molecule has 7 heteroatoms. The third kappa shape index (κ3) is 4.33. The van der Waals surface area contributed by atoms with Crippen molar-refractivity contribution >= 4 is 56.5 Å². The van der Waals surface area contributed by atoms with Crippen LogP contribution >= 0.6 is 39.1 Å². The van der Waals surface area contributed by atoms with Gasteiger partial charge in [0, 0.05) is 21.6 Å². The smallest absolute Gasteiger partial charge is 0.255 e. The largest absolute Gasteiger partial charge is 0.370 e. The molecule has 4 nitrogen and oxygen atoms in total. The van der Waals surface area contributed by atoms with E-state index in [1.165, 1.54) is 6.07 Å². The van der Waals surface area contributed by atoms with Crippen LogP contribution in [0.4, 0.5) is 11.5 Å². The van der Waals surface area contributed by atoms with E-state index in [1.54, 1.807) is 24.3 Å². The van der Waals surface area contributed by atoms with Gasteiger partial charge in [0.05, 0.1) is 5.69 Å². The van der Waals surface area contributed by atoms with E-state index in [0.29, 0.717) is 28.6 Å². The van der Waals surface area contributed by atoms with Crippen LogP contribution in [-0.2, 0) is 0 Å². The van der Waals surface area contributed by atoms with Crippen molar-refractivity contribution in [2.45, 2.75) is 6.92 Å². The van der Waals surface area contributed by atoms with Gasteiger partial charge in [0.2, 0.25) is 0 Å². The Morgan fingerprint density at radius 1 is 1.29 bits per heavy atom. The minimum absolute atomic E-state index is 0.253. The fourth-order valence-electron chi connectivity index (χ4n) is 1.69. The highest BCUT2D eigenvalue weighted by Crippen LogP contribution is 2.26. The first kappa shape index (κ1) is 16.1. The van der Waals surface area contributed by atoms with E-state index in [2.05, 4.69) is 31.5 Å². The second-order valence-corrected chi connectivity index (χ2v) is 5.85. The van der Waals surface area contributed by atoms with Gasteiger partial charge in [0.15, 0.2) is 0 Å². The summed E-state index contributed by atoms with van der Waals surface area (Å²) in [4.78, 5) is 16.4. The van der Waals surface area contributed by atoms with Crippen LogP contribution in [0.3, 0.4) is 0 Å². The molecule has 0 unspecified atom stereocenters. The molecule has 21 heavy (non-hydrogen) atoms. The Hall–Kier alpha value is -1.30. The maximum atomic E-state index is 12.3. The van der Waals surface area contributed by atoms with Gasteiger partial charge in [0.25, 0.3) is 5.91 Å². The molecule has 1 aromatic heterocycles. The summed E-state index contributed by atoms with van der Waals surface area (Å²) in [5.41, 5.74) is 1.00. The van der Waals surface area contributed by atoms with Gasteiger partial charge < -0.3 is 10.6 Å². The molecule has 0 radical (unpaired) electrons. The van der Waals surface area contributed by atoms with Crippen molar-refractivity contribution in [1.82, 2.24) is 4.98 Å². The molecule has 0 atom stereocenters. The van der Waals surface area contributed by atoms with Crippen LogP contribution in [0.2, 0.25) is 10.2 Å². The number of nitrogens with one attached hydrogen (secondary N) is 2. The number of hydrogen-bond donors (Lipinski definition) is 2. The highest BCUT2D eigenvalue weighted by Gasteiger charge is 2.11. The van der Waals surface area contributed by atoms with E-state index in [9.17, 15) is 4.79 Å². The average Bonchev–Trinajstić information content (AvgIpc) is 2.42. The van der Waals surface area contributed by atoms with Crippen molar-refractivity contribution < 1.29 is 4.79 Å². The lowest BCUT2D eigenvalue weighted by atomic mass is 10.2. The van der Waals surface area contributed by atoms with Crippen molar-refractivity contribution in [2.24, 2.45) is 0 Å². The van der Waals surface area contributed by atoms with E-state index in [0.717, 1.165) is 4.47 Å². The Balaban J connectivity index is 2.25. The van der Waals surface area contributed by atoms with Gasteiger partial charge >= 0.3 is 0 Å². The predicted octanol–water partition coefficient (Wildman–Crippen LogP) is 4.84. The van der Waals surface area contributed by atoms with E-state index in [1.807, 2.05) is 6.92 Å². The van der Waals surface area contributed by atoms with Gasteiger partial charge in [-0.25, -0.2) is 4.98 Å². The number of anilines is 2. The monoisotopic (exact) mass is 387 g/mol. The molecule has 0 aliphatic carbocycles. The van der Waals surface area contributed by atoms with Crippen molar-refractivity contribution in [3.05, 3.63) is 50.5 Å². The van der Waals surface area contributed by atoms with Crippen molar-refractivity contribution in [1.29, 1.82) is 0 Å². The summed E-state index contributed by atoms with van der Waals surface area (Å²) in [6, 6.07) is 8.31.